The van der Waals surface area contributed by atoms with Gasteiger partial charge in [0.15, 0.2) is 11.9 Å². The van der Waals surface area contributed by atoms with Crippen LogP contribution in [0.25, 0.3) is 10.9 Å². The van der Waals surface area contributed by atoms with E-state index in [0.29, 0.717) is 23.4 Å². The summed E-state index contributed by atoms with van der Waals surface area (Å²) in [5.41, 5.74) is 2.55. The van der Waals surface area contributed by atoms with Gasteiger partial charge in [-0.15, -0.1) is 0 Å². The van der Waals surface area contributed by atoms with Crippen LogP contribution in [0.5, 0.6) is 0 Å². The van der Waals surface area contributed by atoms with Gasteiger partial charge in [-0.3, -0.25) is 9.78 Å². The monoisotopic (exact) mass is 367 g/mol. The van der Waals surface area contributed by atoms with Crippen LogP contribution in [0.1, 0.15) is 40.7 Å². The largest absolute Gasteiger partial charge is 0.449 e. The van der Waals surface area contributed by atoms with Gasteiger partial charge in [-0.05, 0) is 38.8 Å². The molecule has 2 aromatic heterocycles. The van der Waals surface area contributed by atoms with Crippen LogP contribution < -0.4 is 5.32 Å². The summed E-state index contributed by atoms with van der Waals surface area (Å²) in [5, 5.41) is 7.19. The van der Waals surface area contributed by atoms with Gasteiger partial charge < -0.3 is 14.6 Å². The Bertz CT molecular complexity index is 1010. The molecule has 1 N–H and O–H groups in total. The second kappa shape index (κ2) is 7.57. The summed E-state index contributed by atoms with van der Waals surface area (Å²) in [6, 6.07) is 9.18. The first kappa shape index (κ1) is 18.6. The average molecular weight is 367 g/mol. The minimum absolute atomic E-state index is 0.284. The molecule has 7 nitrogen and oxygen atoms in total. The maximum absolute atomic E-state index is 12.8. The van der Waals surface area contributed by atoms with E-state index in [4.69, 9.17) is 9.26 Å². The van der Waals surface area contributed by atoms with E-state index in [-0.39, 0.29) is 5.82 Å². The topological polar surface area (TPSA) is 94.3 Å². The maximum atomic E-state index is 12.8. The van der Waals surface area contributed by atoms with Crippen LogP contribution in [0.3, 0.4) is 0 Å². The van der Waals surface area contributed by atoms with E-state index < -0.39 is 18.0 Å². The summed E-state index contributed by atoms with van der Waals surface area (Å²) >= 11 is 0. The highest BCUT2D eigenvalue weighted by molar-refractivity contribution is 6.00. The van der Waals surface area contributed by atoms with Crippen LogP contribution in [-0.2, 0) is 9.53 Å². The van der Waals surface area contributed by atoms with Crippen molar-refractivity contribution in [1.29, 1.82) is 0 Å². The third kappa shape index (κ3) is 3.81. The fourth-order valence-electron chi connectivity index (χ4n) is 2.97. The Labute approximate surface area is 156 Å². The Hall–Kier alpha value is -3.22. The number of esters is 1. The van der Waals surface area contributed by atoms with E-state index in [1.807, 2.05) is 31.2 Å². The van der Waals surface area contributed by atoms with Crippen molar-refractivity contribution in [3.8, 4) is 0 Å². The average Bonchev–Trinajstić information content (AvgIpc) is 3.04. The van der Waals surface area contributed by atoms with E-state index >= 15 is 0 Å². The molecule has 0 aliphatic carbocycles. The molecular weight excluding hydrogens is 346 g/mol. The smallest absolute Gasteiger partial charge is 0.341 e. The molecule has 7 heteroatoms. The zero-order chi connectivity index (χ0) is 19.6. The molecule has 1 atom stereocenters. The number of ether oxygens (including phenoxy) is 1. The fourth-order valence-corrected chi connectivity index (χ4v) is 2.97. The van der Waals surface area contributed by atoms with Crippen LogP contribution >= 0.6 is 0 Å². The van der Waals surface area contributed by atoms with Gasteiger partial charge in [-0.1, -0.05) is 30.3 Å². The number of rotatable bonds is 5. The number of nitrogens with one attached hydrogen (secondary N) is 1. The standard InChI is InChI=1S/C20H21N3O4/c1-5-16(19(24)22-17-10-11(2)27-23-17)26-20(25)18-12(3)14-8-6-7-9-15(14)21-13(18)4/h6-10,16H,5H2,1-4H3,(H,22,23,24)/t16-/m1/s1. The van der Waals surface area contributed by atoms with Crippen molar-refractivity contribution in [3.63, 3.8) is 0 Å². The van der Waals surface area contributed by atoms with Gasteiger partial charge in [0, 0.05) is 11.5 Å². The van der Waals surface area contributed by atoms with Crippen LogP contribution in [0.2, 0.25) is 0 Å². The number of pyridine rings is 1. The second-order valence-electron chi connectivity index (χ2n) is 6.33. The Balaban J connectivity index is 1.82. The number of carbonyl (C=O) groups is 2. The molecule has 0 bridgehead atoms. The molecule has 0 aliphatic rings. The summed E-state index contributed by atoms with van der Waals surface area (Å²) in [5.74, 6) is -0.166. The summed E-state index contributed by atoms with van der Waals surface area (Å²) in [6.07, 6.45) is -0.618. The summed E-state index contributed by atoms with van der Waals surface area (Å²) in [6.45, 7) is 7.10. The number of anilines is 1. The fraction of sp³-hybridized carbons (Fsp3) is 0.300. The maximum Gasteiger partial charge on any atom is 0.341 e. The molecule has 0 spiro atoms. The van der Waals surface area contributed by atoms with Crippen molar-refractivity contribution in [2.45, 2.75) is 40.2 Å². The highest BCUT2D eigenvalue weighted by Gasteiger charge is 2.25. The predicted octanol–water partition coefficient (Wildman–Crippen LogP) is 3.72. The molecule has 0 saturated carbocycles. The molecule has 3 rings (SSSR count). The molecule has 140 valence electrons. The summed E-state index contributed by atoms with van der Waals surface area (Å²) in [4.78, 5) is 29.7. The summed E-state index contributed by atoms with van der Waals surface area (Å²) < 4.78 is 10.4. The molecule has 27 heavy (non-hydrogen) atoms. The lowest BCUT2D eigenvalue weighted by Crippen LogP contribution is -2.32. The van der Waals surface area contributed by atoms with Gasteiger partial charge >= 0.3 is 5.97 Å². The van der Waals surface area contributed by atoms with Crippen LogP contribution in [0.15, 0.2) is 34.9 Å². The number of nitrogens with zero attached hydrogens (tertiary/aromatic N) is 2. The molecule has 0 unspecified atom stereocenters. The predicted molar refractivity (Wildman–Crippen MR) is 101 cm³/mol. The van der Waals surface area contributed by atoms with Crippen LogP contribution in [0.4, 0.5) is 5.82 Å². The minimum Gasteiger partial charge on any atom is -0.449 e. The first-order valence-electron chi connectivity index (χ1n) is 8.71. The zero-order valence-electron chi connectivity index (χ0n) is 15.7. The number of hydrogen-bond donors (Lipinski definition) is 1. The van der Waals surface area contributed by atoms with Crippen molar-refractivity contribution >= 4 is 28.6 Å². The lowest BCUT2D eigenvalue weighted by Gasteiger charge is -2.17. The third-order valence-corrected chi connectivity index (χ3v) is 4.33. The first-order chi connectivity index (χ1) is 12.9. The lowest BCUT2D eigenvalue weighted by atomic mass is 10.0. The Morgan fingerprint density at radius 2 is 1.96 bits per heavy atom. The van der Waals surface area contributed by atoms with E-state index in [9.17, 15) is 9.59 Å². The van der Waals surface area contributed by atoms with Crippen molar-refractivity contribution in [2.75, 3.05) is 5.32 Å². The van der Waals surface area contributed by atoms with Gasteiger partial charge in [-0.2, -0.15) is 0 Å². The van der Waals surface area contributed by atoms with Gasteiger partial charge in [-0.25, -0.2) is 4.79 Å². The summed E-state index contributed by atoms with van der Waals surface area (Å²) in [7, 11) is 0. The number of aryl methyl sites for hydroxylation is 3. The molecule has 0 radical (unpaired) electrons. The zero-order valence-corrected chi connectivity index (χ0v) is 15.7. The number of carbonyl (C=O) groups excluding carboxylic acids is 2. The molecule has 0 aliphatic heterocycles. The van der Waals surface area contributed by atoms with Crippen LogP contribution in [0, 0.1) is 20.8 Å². The van der Waals surface area contributed by atoms with Crippen molar-refractivity contribution in [3.05, 3.63) is 52.9 Å². The molecular formula is C20H21N3O4. The first-order valence-corrected chi connectivity index (χ1v) is 8.71. The molecule has 0 saturated heterocycles. The van der Waals surface area contributed by atoms with Crippen molar-refractivity contribution < 1.29 is 18.8 Å². The normalized spacial score (nSPS) is 12.0. The highest BCUT2D eigenvalue weighted by Crippen LogP contribution is 2.24. The number of aromatic nitrogens is 2. The quantitative estimate of drug-likeness (QED) is 0.691. The van der Waals surface area contributed by atoms with Gasteiger partial charge in [0.25, 0.3) is 5.91 Å². The number of benzene rings is 1. The molecule has 3 aromatic rings. The Kier molecular flexibility index (Phi) is 5.21. The number of para-hydroxylation sites is 1. The Morgan fingerprint density at radius 3 is 2.63 bits per heavy atom. The number of amides is 1. The van der Waals surface area contributed by atoms with Gasteiger partial charge in [0.05, 0.1) is 16.8 Å². The minimum atomic E-state index is -0.945. The number of hydrogen-bond acceptors (Lipinski definition) is 6. The molecule has 2 heterocycles. The van der Waals surface area contributed by atoms with E-state index in [0.717, 1.165) is 16.5 Å². The molecule has 1 aromatic carbocycles. The van der Waals surface area contributed by atoms with E-state index in [2.05, 4.69) is 15.5 Å². The van der Waals surface area contributed by atoms with Gasteiger partial charge in [0.2, 0.25) is 0 Å². The van der Waals surface area contributed by atoms with Crippen molar-refractivity contribution in [2.24, 2.45) is 0 Å². The molecule has 0 fully saturated rings. The highest BCUT2D eigenvalue weighted by atomic mass is 16.5. The third-order valence-electron chi connectivity index (χ3n) is 4.33. The van der Waals surface area contributed by atoms with Gasteiger partial charge in [0.1, 0.15) is 5.76 Å². The van der Waals surface area contributed by atoms with E-state index in [1.54, 1.807) is 26.8 Å². The van der Waals surface area contributed by atoms with E-state index in [1.165, 1.54) is 0 Å². The lowest BCUT2D eigenvalue weighted by molar-refractivity contribution is -0.124. The number of fused-ring (bicyclic) bond motifs is 1. The Morgan fingerprint density at radius 1 is 1.22 bits per heavy atom. The second-order valence-corrected chi connectivity index (χ2v) is 6.33. The SMILES string of the molecule is CC[C@@H](OC(=O)c1c(C)nc2ccccc2c1C)C(=O)Nc1cc(C)on1. The van der Waals surface area contributed by atoms with Crippen LogP contribution in [-0.4, -0.2) is 28.1 Å². The molecule has 1 amide bonds. The van der Waals surface area contributed by atoms with Crippen molar-refractivity contribution in [1.82, 2.24) is 10.1 Å².